The molecule has 0 unspecified atom stereocenters. The molecule has 1 rings (SSSR count). The highest BCUT2D eigenvalue weighted by atomic mass is 16.3. The summed E-state index contributed by atoms with van der Waals surface area (Å²) in [5, 5.41) is 46.7. The number of nitrogens with zero attached hydrogens (tertiary/aromatic N) is 3. The Balaban J connectivity index is 3.34. The Bertz CT molecular complexity index is 615. The third-order valence-corrected chi connectivity index (χ3v) is 3.68. The summed E-state index contributed by atoms with van der Waals surface area (Å²) in [6.07, 6.45) is 0.276. The zero-order chi connectivity index (χ0) is 17.4. The summed E-state index contributed by atoms with van der Waals surface area (Å²) < 4.78 is 1.08. The standard InChI is InChI=1S/C15H23N3O5/c1-11-12(9-16)14(22)18(3-2-6-19)15(23)13(11)10-17(4-7-20)5-8-21/h19-21,23H,2-8,10H2,1H3. The van der Waals surface area contributed by atoms with Crippen LogP contribution < -0.4 is 5.56 Å². The van der Waals surface area contributed by atoms with Crippen molar-refractivity contribution in [3.05, 3.63) is 27.0 Å². The van der Waals surface area contributed by atoms with Crippen LogP contribution in [-0.4, -0.2) is 62.8 Å². The van der Waals surface area contributed by atoms with Gasteiger partial charge in [0.05, 0.1) is 13.2 Å². The van der Waals surface area contributed by atoms with Crippen molar-refractivity contribution in [1.29, 1.82) is 5.26 Å². The van der Waals surface area contributed by atoms with E-state index < -0.39 is 5.56 Å². The number of aromatic hydroxyl groups is 1. The van der Waals surface area contributed by atoms with E-state index in [0.717, 1.165) is 4.57 Å². The third kappa shape index (κ3) is 4.53. The first-order chi connectivity index (χ1) is 11.0. The molecular formula is C15H23N3O5. The fourth-order valence-electron chi connectivity index (χ4n) is 2.41. The number of hydrogen-bond acceptors (Lipinski definition) is 7. The van der Waals surface area contributed by atoms with Gasteiger partial charge in [0, 0.05) is 38.3 Å². The second kappa shape index (κ2) is 9.27. The highest BCUT2D eigenvalue weighted by Gasteiger charge is 2.20. The van der Waals surface area contributed by atoms with Crippen LogP contribution >= 0.6 is 0 Å². The molecule has 23 heavy (non-hydrogen) atoms. The Morgan fingerprint density at radius 1 is 1.17 bits per heavy atom. The minimum absolute atomic E-state index is 0.0521. The summed E-state index contributed by atoms with van der Waals surface area (Å²) >= 11 is 0. The van der Waals surface area contributed by atoms with Crippen molar-refractivity contribution in [1.82, 2.24) is 9.47 Å². The van der Waals surface area contributed by atoms with Crippen LogP contribution in [0.4, 0.5) is 0 Å². The van der Waals surface area contributed by atoms with E-state index in [1.54, 1.807) is 11.8 Å². The largest absolute Gasteiger partial charge is 0.494 e. The molecule has 1 heterocycles. The third-order valence-electron chi connectivity index (χ3n) is 3.68. The van der Waals surface area contributed by atoms with Gasteiger partial charge in [0.25, 0.3) is 5.56 Å². The van der Waals surface area contributed by atoms with E-state index in [1.807, 2.05) is 6.07 Å². The van der Waals surface area contributed by atoms with Crippen molar-refractivity contribution < 1.29 is 20.4 Å². The van der Waals surface area contributed by atoms with Gasteiger partial charge < -0.3 is 20.4 Å². The number of aliphatic hydroxyl groups is 3. The van der Waals surface area contributed by atoms with Crippen molar-refractivity contribution in [2.75, 3.05) is 32.9 Å². The van der Waals surface area contributed by atoms with Gasteiger partial charge in [0.15, 0.2) is 5.88 Å². The molecule has 0 bridgehead atoms. The van der Waals surface area contributed by atoms with E-state index >= 15 is 0 Å². The molecule has 0 fully saturated rings. The monoisotopic (exact) mass is 325 g/mol. The lowest BCUT2D eigenvalue weighted by Crippen LogP contribution is -2.32. The summed E-state index contributed by atoms with van der Waals surface area (Å²) in [5.74, 6) is -0.249. The van der Waals surface area contributed by atoms with Gasteiger partial charge >= 0.3 is 0 Å². The summed E-state index contributed by atoms with van der Waals surface area (Å²) in [6.45, 7) is 2.08. The average molecular weight is 325 g/mol. The molecule has 0 saturated carbocycles. The Kier molecular flexibility index (Phi) is 7.71. The maximum atomic E-state index is 12.2. The van der Waals surface area contributed by atoms with Gasteiger partial charge in [0.2, 0.25) is 0 Å². The zero-order valence-corrected chi connectivity index (χ0v) is 13.2. The molecule has 8 heteroatoms. The topological polar surface area (TPSA) is 130 Å². The zero-order valence-electron chi connectivity index (χ0n) is 13.2. The number of nitriles is 1. The van der Waals surface area contributed by atoms with Crippen LogP contribution in [0.5, 0.6) is 5.88 Å². The van der Waals surface area contributed by atoms with Crippen molar-refractivity contribution in [2.24, 2.45) is 0 Å². The van der Waals surface area contributed by atoms with Crippen LogP contribution in [0.2, 0.25) is 0 Å². The molecule has 0 aliphatic carbocycles. The molecule has 1 aromatic rings. The molecule has 4 N–H and O–H groups in total. The van der Waals surface area contributed by atoms with Crippen LogP contribution in [-0.2, 0) is 13.1 Å². The minimum Gasteiger partial charge on any atom is -0.494 e. The van der Waals surface area contributed by atoms with Crippen LogP contribution in [0.3, 0.4) is 0 Å². The summed E-state index contributed by atoms with van der Waals surface area (Å²) in [6, 6.07) is 1.86. The van der Waals surface area contributed by atoms with Crippen LogP contribution in [0.15, 0.2) is 4.79 Å². The van der Waals surface area contributed by atoms with Gasteiger partial charge in [-0.05, 0) is 18.9 Å². The number of aromatic nitrogens is 1. The predicted molar refractivity (Wildman–Crippen MR) is 83.0 cm³/mol. The first kappa shape index (κ1) is 19.1. The Morgan fingerprint density at radius 3 is 2.26 bits per heavy atom. The number of aliphatic hydroxyl groups excluding tert-OH is 3. The fraction of sp³-hybridized carbons (Fsp3) is 0.600. The van der Waals surface area contributed by atoms with E-state index in [9.17, 15) is 15.2 Å². The Hall–Kier alpha value is -1.92. The lowest BCUT2D eigenvalue weighted by atomic mass is 10.0. The lowest BCUT2D eigenvalue weighted by molar-refractivity contribution is 0.154. The first-order valence-corrected chi connectivity index (χ1v) is 7.42. The average Bonchev–Trinajstić information content (AvgIpc) is 2.52. The predicted octanol–water partition coefficient (Wildman–Crippen LogP) is -1.10. The molecule has 0 aliphatic heterocycles. The van der Waals surface area contributed by atoms with Crippen LogP contribution in [0.1, 0.15) is 23.1 Å². The second-order valence-electron chi connectivity index (χ2n) is 5.17. The Labute approximate surface area is 134 Å². The van der Waals surface area contributed by atoms with E-state index in [2.05, 4.69) is 0 Å². The molecular weight excluding hydrogens is 302 g/mol. The van der Waals surface area contributed by atoms with Crippen molar-refractivity contribution >= 4 is 0 Å². The quantitative estimate of drug-likeness (QED) is 0.453. The molecule has 0 aromatic carbocycles. The SMILES string of the molecule is Cc1c(CN(CCO)CCO)c(O)n(CCCO)c(=O)c1C#N. The van der Waals surface area contributed by atoms with E-state index in [4.69, 9.17) is 15.3 Å². The van der Waals surface area contributed by atoms with Gasteiger partial charge in [-0.15, -0.1) is 0 Å². The highest BCUT2D eigenvalue weighted by Crippen LogP contribution is 2.23. The van der Waals surface area contributed by atoms with E-state index in [1.165, 1.54) is 0 Å². The number of rotatable bonds is 9. The Morgan fingerprint density at radius 2 is 1.78 bits per heavy atom. The van der Waals surface area contributed by atoms with Gasteiger partial charge in [0.1, 0.15) is 11.6 Å². The smallest absolute Gasteiger partial charge is 0.271 e. The first-order valence-electron chi connectivity index (χ1n) is 7.42. The molecule has 128 valence electrons. The summed E-state index contributed by atoms with van der Waals surface area (Å²) in [4.78, 5) is 14.0. The lowest BCUT2D eigenvalue weighted by Gasteiger charge is -2.23. The molecule has 0 aliphatic rings. The minimum atomic E-state index is -0.587. The molecule has 0 atom stereocenters. The van der Waals surface area contributed by atoms with Gasteiger partial charge in [-0.3, -0.25) is 14.3 Å². The maximum Gasteiger partial charge on any atom is 0.271 e. The van der Waals surface area contributed by atoms with E-state index in [-0.39, 0.29) is 63.9 Å². The molecule has 0 saturated heterocycles. The second-order valence-corrected chi connectivity index (χ2v) is 5.17. The molecule has 0 amide bonds. The highest BCUT2D eigenvalue weighted by molar-refractivity contribution is 5.45. The summed E-state index contributed by atoms with van der Waals surface area (Å²) in [5.41, 5.74) is 0.149. The normalized spacial score (nSPS) is 11.0. The molecule has 0 spiro atoms. The number of hydrogen-bond donors (Lipinski definition) is 4. The number of pyridine rings is 1. The summed E-state index contributed by atoms with van der Waals surface area (Å²) in [7, 11) is 0. The fourth-order valence-corrected chi connectivity index (χ4v) is 2.41. The van der Waals surface area contributed by atoms with Gasteiger partial charge in [-0.2, -0.15) is 5.26 Å². The van der Waals surface area contributed by atoms with Crippen molar-refractivity contribution in [2.45, 2.75) is 26.4 Å². The molecule has 1 aromatic heterocycles. The van der Waals surface area contributed by atoms with Gasteiger partial charge in [-0.1, -0.05) is 0 Å². The van der Waals surface area contributed by atoms with Crippen molar-refractivity contribution in [3.8, 4) is 11.9 Å². The van der Waals surface area contributed by atoms with Crippen LogP contribution in [0, 0.1) is 18.3 Å². The molecule has 8 nitrogen and oxygen atoms in total. The van der Waals surface area contributed by atoms with E-state index in [0.29, 0.717) is 11.1 Å². The maximum absolute atomic E-state index is 12.2. The van der Waals surface area contributed by atoms with Gasteiger partial charge in [-0.25, -0.2) is 0 Å². The van der Waals surface area contributed by atoms with Crippen LogP contribution in [0.25, 0.3) is 0 Å². The molecule has 0 radical (unpaired) electrons. The van der Waals surface area contributed by atoms with Crippen molar-refractivity contribution in [3.63, 3.8) is 0 Å².